The van der Waals surface area contributed by atoms with Gasteiger partial charge in [-0.25, -0.2) is 14.2 Å². The van der Waals surface area contributed by atoms with E-state index in [1.807, 2.05) is 0 Å². The number of nitrogens with one attached hydrogen (secondary N) is 1. The van der Waals surface area contributed by atoms with Crippen LogP contribution in [0.1, 0.15) is 40.4 Å². The van der Waals surface area contributed by atoms with Crippen molar-refractivity contribution in [1.29, 1.82) is 0 Å². The summed E-state index contributed by atoms with van der Waals surface area (Å²) in [4.78, 5) is 56.9. The van der Waals surface area contributed by atoms with Crippen molar-refractivity contribution >= 4 is 29.2 Å². The number of methoxy groups -OCH3 is 1. The number of hydrogen-bond donors (Lipinski definition) is 1. The molecule has 0 saturated carbocycles. The molecule has 0 aromatic carbocycles. The maximum absolute atomic E-state index is 13.4. The van der Waals surface area contributed by atoms with Crippen LogP contribution < -0.4 is 10.9 Å². The molecule has 0 bridgehead atoms. The topological polar surface area (TPSA) is 137 Å². The third-order valence-electron chi connectivity index (χ3n) is 5.49. The summed E-state index contributed by atoms with van der Waals surface area (Å²) in [5.41, 5.74) is -0.504. The predicted octanol–water partition coefficient (Wildman–Crippen LogP) is 0.836. The molecule has 1 unspecified atom stereocenters. The van der Waals surface area contributed by atoms with E-state index in [2.05, 4.69) is 15.4 Å². The molecular formula is C22H23FN6O6. The van der Waals surface area contributed by atoms with Crippen molar-refractivity contribution in [3.05, 3.63) is 57.5 Å². The molecule has 0 saturated heterocycles. The Labute approximate surface area is 198 Å². The van der Waals surface area contributed by atoms with Gasteiger partial charge in [-0.1, -0.05) is 0 Å². The lowest BCUT2D eigenvalue weighted by atomic mass is 10.2. The summed E-state index contributed by atoms with van der Waals surface area (Å²) in [6.07, 6.45) is 0.950. The van der Waals surface area contributed by atoms with Crippen molar-refractivity contribution in [2.24, 2.45) is 0 Å². The highest BCUT2D eigenvalue weighted by Gasteiger charge is 2.37. The summed E-state index contributed by atoms with van der Waals surface area (Å²) < 4.78 is 25.6. The molecule has 0 fully saturated rings. The van der Waals surface area contributed by atoms with Crippen LogP contribution in [0.2, 0.25) is 0 Å². The number of fused-ring (bicyclic) bond motifs is 2. The number of nitrogens with zero attached hydrogens (tertiary/aromatic N) is 5. The molecule has 0 spiro atoms. The van der Waals surface area contributed by atoms with E-state index >= 15 is 0 Å². The van der Waals surface area contributed by atoms with Crippen LogP contribution in [0.5, 0.6) is 0 Å². The maximum atomic E-state index is 13.4. The summed E-state index contributed by atoms with van der Waals surface area (Å²) >= 11 is 0. The summed E-state index contributed by atoms with van der Waals surface area (Å²) in [7, 11) is 1.50. The zero-order valence-corrected chi connectivity index (χ0v) is 19.3. The number of rotatable bonds is 8. The van der Waals surface area contributed by atoms with E-state index in [0.29, 0.717) is 0 Å². The molecule has 13 heteroatoms. The molecule has 1 N–H and O–H groups in total. The third kappa shape index (κ3) is 4.49. The van der Waals surface area contributed by atoms with Gasteiger partial charge in [-0.2, -0.15) is 9.61 Å². The fourth-order valence-electron chi connectivity index (χ4n) is 3.91. The number of halogens is 1. The number of esters is 1. The van der Waals surface area contributed by atoms with Gasteiger partial charge in [0.05, 0.1) is 37.6 Å². The van der Waals surface area contributed by atoms with Crippen LogP contribution in [0.3, 0.4) is 0 Å². The molecule has 4 heterocycles. The first-order chi connectivity index (χ1) is 16.7. The summed E-state index contributed by atoms with van der Waals surface area (Å²) in [5, 5.41) is 6.59. The fraction of sp³-hybridized carbons (Fsp3) is 0.364. The number of hydrogen-bond acceptors (Lipinski definition) is 8. The highest BCUT2D eigenvalue weighted by atomic mass is 19.1. The molecule has 1 aliphatic rings. The Morgan fingerprint density at radius 2 is 2.06 bits per heavy atom. The number of carbonyl (C=O) groups is 3. The van der Waals surface area contributed by atoms with Crippen LogP contribution in [0.15, 0.2) is 29.2 Å². The second-order valence-corrected chi connectivity index (χ2v) is 7.89. The van der Waals surface area contributed by atoms with Crippen LogP contribution in [-0.2, 0) is 27.4 Å². The molecular weight excluding hydrogens is 463 g/mol. The largest absolute Gasteiger partial charge is 0.461 e. The molecule has 3 aromatic heterocycles. The average molecular weight is 486 g/mol. The normalized spacial score (nSPS) is 13.7. The lowest BCUT2D eigenvalue weighted by molar-refractivity contribution is -0.116. The molecule has 1 atom stereocenters. The van der Waals surface area contributed by atoms with Gasteiger partial charge >= 0.3 is 5.97 Å². The molecule has 1 aliphatic heterocycles. The van der Waals surface area contributed by atoms with E-state index in [1.54, 1.807) is 13.8 Å². The minimum atomic E-state index is -0.746. The van der Waals surface area contributed by atoms with Crippen LogP contribution in [0.4, 0.5) is 10.2 Å². The van der Waals surface area contributed by atoms with Gasteiger partial charge < -0.3 is 24.3 Å². The Bertz CT molecular complexity index is 1370. The highest BCUT2D eigenvalue weighted by Crippen LogP contribution is 2.25. The monoisotopic (exact) mass is 486 g/mol. The van der Waals surface area contributed by atoms with Gasteiger partial charge in [0.15, 0.2) is 5.69 Å². The summed E-state index contributed by atoms with van der Waals surface area (Å²) in [6, 6.07) is 3.37. The van der Waals surface area contributed by atoms with E-state index in [1.165, 1.54) is 28.7 Å². The van der Waals surface area contributed by atoms with Crippen molar-refractivity contribution in [2.45, 2.75) is 33.0 Å². The quantitative estimate of drug-likeness (QED) is 0.463. The number of aromatic nitrogens is 4. The molecule has 35 heavy (non-hydrogen) atoms. The predicted molar refractivity (Wildman–Crippen MR) is 119 cm³/mol. The van der Waals surface area contributed by atoms with Crippen molar-refractivity contribution in [1.82, 2.24) is 24.1 Å². The fourth-order valence-corrected chi connectivity index (χ4v) is 3.91. The minimum absolute atomic E-state index is 0.0107. The molecule has 2 amide bonds. The Balaban J connectivity index is 1.80. The lowest BCUT2D eigenvalue weighted by Crippen LogP contribution is -2.37. The van der Waals surface area contributed by atoms with Crippen molar-refractivity contribution < 1.29 is 28.2 Å². The third-order valence-corrected chi connectivity index (χ3v) is 5.49. The maximum Gasteiger partial charge on any atom is 0.358 e. The Hall–Kier alpha value is -4.13. The number of carbonyl (C=O) groups excluding carboxylic acids is 3. The summed E-state index contributed by atoms with van der Waals surface area (Å²) in [6.45, 7) is 3.34. The first kappa shape index (κ1) is 24.0. The van der Waals surface area contributed by atoms with Gasteiger partial charge in [0.2, 0.25) is 5.91 Å². The molecule has 3 aromatic rings. The zero-order valence-electron chi connectivity index (χ0n) is 19.3. The van der Waals surface area contributed by atoms with Gasteiger partial charge in [0.1, 0.15) is 29.5 Å². The van der Waals surface area contributed by atoms with E-state index in [9.17, 15) is 23.6 Å². The number of anilines is 1. The molecule has 0 radical (unpaired) electrons. The summed E-state index contributed by atoms with van der Waals surface area (Å²) in [5.74, 6) is -2.26. The van der Waals surface area contributed by atoms with E-state index in [-0.39, 0.29) is 54.2 Å². The van der Waals surface area contributed by atoms with Crippen LogP contribution in [0.25, 0.3) is 5.65 Å². The molecule has 184 valence electrons. The number of pyridine rings is 1. The van der Waals surface area contributed by atoms with Crippen molar-refractivity contribution in [2.75, 3.05) is 25.6 Å². The lowest BCUT2D eigenvalue weighted by Gasteiger charge is -2.23. The Morgan fingerprint density at radius 3 is 2.71 bits per heavy atom. The van der Waals surface area contributed by atoms with Crippen LogP contribution in [0, 0.1) is 5.82 Å². The van der Waals surface area contributed by atoms with Gasteiger partial charge in [-0.15, -0.1) is 0 Å². The van der Waals surface area contributed by atoms with Crippen LogP contribution in [-0.4, -0.2) is 68.2 Å². The first-order valence-corrected chi connectivity index (χ1v) is 10.8. The molecule has 4 rings (SSSR count). The van der Waals surface area contributed by atoms with E-state index in [0.717, 1.165) is 16.8 Å². The van der Waals surface area contributed by atoms with Crippen molar-refractivity contribution in [3.63, 3.8) is 0 Å². The average Bonchev–Trinajstić information content (AvgIpc) is 3.41. The van der Waals surface area contributed by atoms with Gasteiger partial charge in [0.25, 0.3) is 11.5 Å². The molecule has 12 nitrogen and oxygen atoms in total. The van der Waals surface area contributed by atoms with E-state index < -0.39 is 35.7 Å². The van der Waals surface area contributed by atoms with Gasteiger partial charge in [-0.05, 0) is 26.0 Å². The Morgan fingerprint density at radius 1 is 1.29 bits per heavy atom. The second kappa shape index (κ2) is 9.62. The SMILES string of the molecule is CCOC(=O)c1cc2n(CC(=O)Nc3ccc(F)cn3)c3c(c(=O)n2n1)CN(C(C)COC)C3=O. The number of amides is 2. The zero-order chi connectivity index (χ0) is 25.3. The van der Waals surface area contributed by atoms with Crippen LogP contribution >= 0.6 is 0 Å². The number of ether oxygens (including phenoxy) is 2. The smallest absolute Gasteiger partial charge is 0.358 e. The Kier molecular flexibility index (Phi) is 6.60. The van der Waals surface area contributed by atoms with Crippen molar-refractivity contribution in [3.8, 4) is 0 Å². The minimum Gasteiger partial charge on any atom is -0.461 e. The highest BCUT2D eigenvalue weighted by molar-refractivity contribution is 5.99. The second-order valence-electron chi connectivity index (χ2n) is 7.89. The van der Waals surface area contributed by atoms with E-state index in [4.69, 9.17) is 9.47 Å². The van der Waals surface area contributed by atoms with Gasteiger partial charge in [0, 0.05) is 13.2 Å². The van der Waals surface area contributed by atoms with Gasteiger partial charge in [-0.3, -0.25) is 14.4 Å². The molecule has 0 aliphatic carbocycles. The standard InChI is InChI=1S/C22H23FN6O6/c1-4-35-22(33)15-7-18-28(10-17(30)25-16-6-5-13(23)8-24-16)19-14(20(31)29(18)26-15)9-27(21(19)32)12(2)11-34-3/h5-8,12H,4,9-11H2,1-3H3,(H,24,25,30). The first-order valence-electron chi connectivity index (χ1n) is 10.8.